The van der Waals surface area contributed by atoms with Gasteiger partial charge in [0.05, 0.1) is 4.90 Å². The van der Waals surface area contributed by atoms with Crippen LogP contribution >= 0.6 is 0 Å². The summed E-state index contributed by atoms with van der Waals surface area (Å²) in [7, 11) is -1.70. The molecule has 0 spiro atoms. The van der Waals surface area contributed by atoms with Crippen molar-refractivity contribution in [1.82, 2.24) is 9.62 Å². The highest BCUT2D eigenvalue weighted by molar-refractivity contribution is 7.89. The third-order valence-electron chi connectivity index (χ3n) is 3.50. The Morgan fingerprint density at radius 2 is 1.78 bits per heavy atom. The average Bonchev–Trinajstić information content (AvgIpc) is 2.26. The van der Waals surface area contributed by atoms with E-state index in [1.165, 1.54) is 4.31 Å². The first kappa shape index (κ1) is 13.5. The number of nitrogens with zero attached hydrogens (tertiary/aromatic N) is 1. The number of benzene rings is 1. The highest BCUT2D eigenvalue weighted by Crippen LogP contribution is 2.21. The standard InChI is InChI=1S/C13H20N2O2S/c1-10(2)11-4-6-13(7-5-11)18(16,17)15(3)12-8-14-9-12/h4-7,10,12,14H,8-9H2,1-3H3. The summed E-state index contributed by atoms with van der Waals surface area (Å²) in [6.07, 6.45) is 0. The average molecular weight is 268 g/mol. The van der Waals surface area contributed by atoms with Gasteiger partial charge >= 0.3 is 0 Å². The maximum atomic E-state index is 12.3. The molecule has 1 saturated heterocycles. The molecule has 0 bridgehead atoms. The summed E-state index contributed by atoms with van der Waals surface area (Å²) in [5.74, 6) is 0.412. The summed E-state index contributed by atoms with van der Waals surface area (Å²) in [4.78, 5) is 0.376. The van der Waals surface area contributed by atoms with E-state index in [0.717, 1.165) is 18.7 Å². The zero-order valence-corrected chi connectivity index (χ0v) is 11.9. The quantitative estimate of drug-likeness (QED) is 0.898. The van der Waals surface area contributed by atoms with E-state index in [0.29, 0.717) is 10.8 Å². The van der Waals surface area contributed by atoms with Gasteiger partial charge in [0.25, 0.3) is 0 Å². The summed E-state index contributed by atoms with van der Waals surface area (Å²) in [5.41, 5.74) is 1.15. The Bertz CT molecular complexity index is 504. The maximum absolute atomic E-state index is 12.3. The lowest BCUT2D eigenvalue weighted by atomic mass is 10.0. The molecule has 18 heavy (non-hydrogen) atoms. The van der Waals surface area contributed by atoms with Gasteiger partial charge in [-0.15, -0.1) is 0 Å². The molecule has 0 aliphatic carbocycles. The molecule has 1 aromatic rings. The Hall–Kier alpha value is -0.910. The molecule has 1 N–H and O–H groups in total. The van der Waals surface area contributed by atoms with Gasteiger partial charge in [0.1, 0.15) is 0 Å². The molecule has 1 aliphatic heterocycles. The van der Waals surface area contributed by atoms with Crippen LogP contribution < -0.4 is 5.32 Å². The van der Waals surface area contributed by atoms with E-state index in [9.17, 15) is 8.42 Å². The second kappa shape index (κ2) is 4.99. The Morgan fingerprint density at radius 1 is 1.22 bits per heavy atom. The lowest BCUT2D eigenvalue weighted by molar-refractivity contribution is 0.274. The van der Waals surface area contributed by atoms with Crippen LogP contribution in [0.1, 0.15) is 25.3 Å². The molecule has 4 nitrogen and oxygen atoms in total. The molecular weight excluding hydrogens is 248 g/mol. The number of hydrogen-bond donors (Lipinski definition) is 1. The van der Waals surface area contributed by atoms with Crippen molar-refractivity contribution in [3.05, 3.63) is 29.8 Å². The minimum Gasteiger partial charge on any atom is -0.313 e. The summed E-state index contributed by atoms with van der Waals surface area (Å²) >= 11 is 0. The van der Waals surface area contributed by atoms with Crippen LogP contribution in [0, 0.1) is 0 Å². The number of hydrogen-bond acceptors (Lipinski definition) is 3. The summed E-state index contributed by atoms with van der Waals surface area (Å²) in [5, 5.41) is 3.08. The fraction of sp³-hybridized carbons (Fsp3) is 0.538. The minimum absolute atomic E-state index is 0.0831. The smallest absolute Gasteiger partial charge is 0.243 e. The Morgan fingerprint density at radius 3 is 2.17 bits per heavy atom. The van der Waals surface area contributed by atoms with E-state index in [1.807, 2.05) is 12.1 Å². The molecule has 0 unspecified atom stereocenters. The number of likely N-dealkylation sites (N-methyl/N-ethyl adjacent to an activating group) is 1. The van der Waals surface area contributed by atoms with Gasteiger partial charge < -0.3 is 5.32 Å². The van der Waals surface area contributed by atoms with Gasteiger partial charge in [-0.3, -0.25) is 0 Å². The zero-order valence-electron chi connectivity index (χ0n) is 11.1. The first-order chi connectivity index (χ1) is 8.43. The monoisotopic (exact) mass is 268 g/mol. The molecule has 2 rings (SSSR count). The Balaban J connectivity index is 2.23. The lowest BCUT2D eigenvalue weighted by Crippen LogP contribution is -2.57. The predicted molar refractivity (Wildman–Crippen MR) is 72.1 cm³/mol. The van der Waals surface area contributed by atoms with Crippen molar-refractivity contribution in [1.29, 1.82) is 0 Å². The van der Waals surface area contributed by atoms with Crippen molar-refractivity contribution in [3.8, 4) is 0 Å². The maximum Gasteiger partial charge on any atom is 0.243 e. The molecule has 100 valence electrons. The molecule has 1 aliphatic rings. The van der Waals surface area contributed by atoms with E-state index in [1.54, 1.807) is 19.2 Å². The van der Waals surface area contributed by atoms with Crippen LogP contribution in [0.15, 0.2) is 29.2 Å². The molecular formula is C13H20N2O2S. The van der Waals surface area contributed by atoms with Crippen LogP contribution in [-0.2, 0) is 10.0 Å². The van der Waals surface area contributed by atoms with E-state index in [4.69, 9.17) is 0 Å². The summed E-state index contributed by atoms with van der Waals surface area (Å²) in [6.45, 7) is 5.66. The van der Waals surface area contributed by atoms with Crippen LogP contribution in [0.3, 0.4) is 0 Å². The molecule has 1 heterocycles. The molecule has 0 radical (unpaired) electrons. The molecule has 0 atom stereocenters. The fourth-order valence-corrected chi connectivity index (χ4v) is 3.27. The van der Waals surface area contributed by atoms with E-state index in [2.05, 4.69) is 19.2 Å². The zero-order chi connectivity index (χ0) is 13.3. The van der Waals surface area contributed by atoms with Gasteiger partial charge in [0.15, 0.2) is 0 Å². The molecule has 0 amide bonds. The third kappa shape index (κ3) is 2.43. The first-order valence-electron chi connectivity index (χ1n) is 6.21. The first-order valence-corrected chi connectivity index (χ1v) is 7.65. The van der Waals surface area contributed by atoms with Crippen LogP contribution in [0.2, 0.25) is 0 Å². The lowest BCUT2D eigenvalue weighted by Gasteiger charge is -2.34. The van der Waals surface area contributed by atoms with Gasteiger partial charge in [0, 0.05) is 26.2 Å². The van der Waals surface area contributed by atoms with Gasteiger partial charge in [0.2, 0.25) is 10.0 Å². The second-order valence-corrected chi connectivity index (χ2v) is 7.05. The van der Waals surface area contributed by atoms with Crippen LogP contribution in [0.5, 0.6) is 0 Å². The van der Waals surface area contributed by atoms with Gasteiger partial charge in [-0.25, -0.2) is 8.42 Å². The number of sulfonamides is 1. The van der Waals surface area contributed by atoms with Gasteiger partial charge in [-0.2, -0.15) is 4.31 Å². The highest BCUT2D eigenvalue weighted by atomic mass is 32.2. The van der Waals surface area contributed by atoms with Gasteiger partial charge in [-0.1, -0.05) is 26.0 Å². The molecule has 1 fully saturated rings. The summed E-state index contributed by atoms with van der Waals surface area (Å²) < 4.78 is 26.2. The third-order valence-corrected chi connectivity index (χ3v) is 5.42. The second-order valence-electron chi connectivity index (χ2n) is 5.06. The van der Waals surface area contributed by atoms with E-state index >= 15 is 0 Å². The van der Waals surface area contributed by atoms with Crippen molar-refractivity contribution in [2.45, 2.75) is 30.7 Å². The normalized spacial score (nSPS) is 17.2. The Labute approximate surface area is 109 Å². The van der Waals surface area contributed by atoms with Gasteiger partial charge in [-0.05, 0) is 23.6 Å². The van der Waals surface area contributed by atoms with Crippen molar-refractivity contribution in [2.24, 2.45) is 0 Å². The topological polar surface area (TPSA) is 49.4 Å². The molecule has 0 saturated carbocycles. The van der Waals surface area contributed by atoms with Crippen LogP contribution in [0.25, 0.3) is 0 Å². The Kier molecular flexibility index (Phi) is 3.75. The predicted octanol–water partition coefficient (Wildman–Crippen LogP) is 1.40. The largest absolute Gasteiger partial charge is 0.313 e. The van der Waals surface area contributed by atoms with E-state index in [-0.39, 0.29) is 6.04 Å². The number of nitrogens with one attached hydrogen (secondary N) is 1. The molecule has 5 heteroatoms. The van der Waals surface area contributed by atoms with E-state index < -0.39 is 10.0 Å². The SMILES string of the molecule is CC(C)c1ccc(S(=O)(=O)N(C)C2CNC2)cc1. The molecule has 1 aromatic carbocycles. The highest BCUT2D eigenvalue weighted by Gasteiger charge is 2.31. The fourth-order valence-electron chi connectivity index (χ4n) is 1.92. The van der Waals surface area contributed by atoms with Crippen molar-refractivity contribution >= 4 is 10.0 Å². The molecule has 0 aromatic heterocycles. The number of rotatable bonds is 4. The van der Waals surface area contributed by atoms with Crippen LogP contribution in [0.4, 0.5) is 0 Å². The minimum atomic E-state index is -3.35. The van der Waals surface area contributed by atoms with Crippen LogP contribution in [-0.4, -0.2) is 38.9 Å². The van der Waals surface area contributed by atoms with Crippen molar-refractivity contribution in [3.63, 3.8) is 0 Å². The van der Waals surface area contributed by atoms with Crippen molar-refractivity contribution in [2.75, 3.05) is 20.1 Å². The summed E-state index contributed by atoms with van der Waals surface area (Å²) in [6, 6.07) is 7.27. The van der Waals surface area contributed by atoms with Crippen molar-refractivity contribution < 1.29 is 8.42 Å².